The molecule has 4 nitrogen and oxygen atoms in total. The van der Waals surface area contributed by atoms with E-state index in [0.717, 1.165) is 6.08 Å². The zero-order chi connectivity index (χ0) is 8.69. The van der Waals surface area contributed by atoms with Gasteiger partial charge in [0.2, 0.25) is 6.08 Å². The fraction of sp³-hybridized carbons (Fsp3) is 0.571. The lowest BCUT2D eigenvalue weighted by molar-refractivity contribution is -0.117. The Kier molecular flexibility index (Phi) is 4.63. The molecule has 0 aromatic rings. The third-order valence-electron chi connectivity index (χ3n) is 1.18. The first kappa shape index (κ1) is 9.54. The number of amides is 1. The first-order chi connectivity index (χ1) is 5.20. The van der Waals surface area contributed by atoms with Gasteiger partial charge in [-0.2, -0.15) is 5.26 Å². The second-order valence-electron chi connectivity index (χ2n) is 2.17. The molecule has 0 heterocycles. The van der Waals surface area contributed by atoms with Crippen molar-refractivity contribution in [2.45, 2.75) is 19.8 Å². The van der Waals surface area contributed by atoms with Crippen molar-refractivity contribution in [1.29, 1.82) is 5.26 Å². The number of hydrogen-bond donors (Lipinski definition) is 0. The zero-order valence-electron chi connectivity index (χ0n) is 6.20. The summed E-state index contributed by atoms with van der Waals surface area (Å²) in [6.07, 6.45) is 1.74. The van der Waals surface area contributed by atoms with Crippen LogP contribution in [0.4, 0.5) is 0 Å². The maximum Gasteiger partial charge on any atom is 0.256 e. The first-order valence-corrected chi connectivity index (χ1v) is 3.21. The molecule has 58 valence electrons. The van der Waals surface area contributed by atoms with Gasteiger partial charge >= 0.3 is 0 Å². The molecule has 1 amide bonds. The van der Waals surface area contributed by atoms with Crippen LogP contribution in [0.5, 0.6) is 0 Å². The average molecular weight is 152 g/mol. The average Bonchev–Trinajstić information content (AvgIpc) is 2.01. The van der Waals surface area contributed by atoms with Crippen LogP contribution in [0.15, 0.2) is 4.99 Å². The van der Waals surface area contributed by atoms with Crippen LogP contribution in [0.1, 0.15) is 19.8 Å². The fourth-order valence-corrected chi connectivity index (χ4v) is 0.511. The largest absolute Gasteiger partial charge is 0.272 e. The number of rotatable bonds is 3. The van der Waals surface area contributed by atoms with E-state index in [1.54, 1.807) is 6.92 Å². The maximum absolute atomic E-state index is 10.5. The molecule has 0 saturated heterocycles. The maximum atomic E-state index is 10.5. The number of carbonyl (C=O) groups is 1. The summed E-state index contributed by atoms with van der Waals surface area (Å²) in [6, 6.07) is 1.97. The molecule has 0 spiro atoms. The molecule has 0 aromatic heterocycles. The van der Waals surface area contributed by atoms with E-state index in [9.17, 15) is 9.59 Å². The summed E-state index contributed by atoms with van der Waals surface area (Å²) in [6.45, 7) is 1.71. The molecule has 4 heteroatoms. The Balaban J connectivity index is 3.64. The molecule has 0 aliphatic carbocycles. The second-order valence-corrected chi connectivity index (χ2v) is 2.17. The van der Waals surface area contributed by atoms with E-state index < -0.39 is 5.91 Å². The molecular formula is C7H8N2O2. The smallest absolute Gasteiger partial charge is 0.256 e. The minimum Gasteiger partial charge on any atom is -0.272 e. The minimum absolute atomic E-state index is 0.143. The predicted octanol–water partition coefficient (Wildman–Crippen LogP) is 0.789. The van der Waals surface area contributed by atoms with Crippen LogP contribution in [0.3, 0.4) is 0 Å². The van der Waals surface area contributed by atoms with Gasteiger partial charge in [-0.15, -0.1) is 4.99 Å². The van der Waals surface area contributed by atoms with Gasteiger partial charge < -0.3 is 0 Å². The number of carbonyl (C=O) groups excluding carboxylic acids is 2. The predicted molar refractivity (Wildman–Crippen MR) is 37.1 cm³/mol. The Morgan fingerprint density at radius 2 is 2.36 bits per heavy atom. The van der Waals surface area contributed by atoms with E-state index in [1.807, 2.05) is 6.07 Å². The van der Waals surface area contributed by atoms with Crippen molar-refractivity contribution < 1.29 is 9.59 Å². The van der Waals surface area contributed by atoms with Crippen molar-refractivity contribution in [2.24, 2.45) is 10.9 Å². The van der Waals surface area contributed by atoms with Crippen molar-refractivity contribution in [1.82, 2.24) is 0 Å². The molecule has 1 unspecified atom stereocenters. The number of nitriles is 1. The van der Waals surface area contributed by atoms with E-state index in [4.69, 9.17) is 5.26 Å². The topological polar surface area (TPSA) is 70.3 Å². The lowest BCUT2D eigenvalue weighted by Crippen LogP contribution is -1.97. The molecule has 0 aliphatic rings. The van der Waals surface area contributed by atoms with Crippen molar-refractivity contribution in [2.75, 3.05) is 0 Å². The highest BCUT2D eigenvalue weighted by Crippen LogP contribution is 2.03. The van der Waals surface area contributed by atoms with Crippen LogP contribution < -0.4 is 0 Å². The van der Waals surface area contributed by atoms with Crippen LogP contribution >= 0.6 is 0 Å². The Morgan fingerprint density at radius 3 is 2.82 bits per heavy atom. The standard InChI is InChI=1S/C7H8N2O2/c1-6(4-8)2-3-7(11)9-5-10/h6H,2-3H2,1H3. The van der Waals surface area contributed by atoms with Crippen molar-refractivity contribution in [3.63, 3.8) is 0 Å². The summed E-state index contributed by atoms with van der Waals surface area (Å²) >= 11 is 0. The van der Waals surface area contributed by atoms with E-state index in [2.05, 4.69) is 4.99 Å². The molecule has 0 N–H and O–H groups in total. The van der Waals surface area contributed by atoms with E-state index in [-0.39, 0.29) is 12.3 Å². The summed E-state index contributed by atoms with van der Waals surface area (Å²) in [5.41, 5.74) is 0. The van der Waals surface area contributed by atoms with Crippen LogP contribution in [0.25, 0.3) is 0 Å². The highest BCUT2D eigenvalue weighted by atomic mass is 16.2. The summed E-state index contributed by atoms with van der Waals surface area (Å²) in [5, 5.41) is 8.31. The van der Waals surface area contributed by atoms with Crippen LogP contribution in [-0.4, -0.2) is 12.0 Å². The molecule has 0 saturated carbocycles. The first-order valence-electron chi connectivity index (χ1n) is 3.21. The van der Waals surface area contributed by atoms with Gasteiger partial charge in [0.05, 0.1) is 6.07 Å². The van der Waals surface area contributed by atoms with E-state index in [0.29, 0.717) is 6.42 Å². The summed E-state index contributed by atoms with van der Waals surface area (Å²) in [4.78, 5) is 23.0. The third-order valence-corrected chi connectivity index (χ3v) is 1.18. The van der Waals surface area contributed by atoms with Gasteiger partial charge in [0, 0.05) is 12.3 Å². The van der Waals surface area contributed by atoms with Crippen molar-refractivity contribution in [3.05, 3.63) is 0 Å². The molecule has 0 aromatic carbocycles. The number of isocyanates is 1. The monoisotopic (exact) mass is 152 g/mol. The molecule has 0 bridgehead atoms. The van der Waals surface area contributed by atoms with Gasteiger partial charge in [-0.3, -0.25) is 4.79 Å². The third kappa shape index (κ3) is 5.01. The number of aliphatic imine (C=N–C) groups is 1. The van der Waals surface area contributed by atoms with E-state index in [1.165, 1.54) is 0 Å². The summed E-state index contributed by atoms with van der Waals surface area (Å²) < 4.78 is 0. The van der Waals surface area contributed by atoms with Crippen LogP contribution in [0, 0.1) is 17.2 Å². The Hall–Kier alpha value is -1.46. The zero-order valence-corrected chi connectivity index (χ0v) is 6.20. The van der Waals surface area contributed by atoms with Crippen LogP contribution in [-0.2, 0) is 9.59 Å². The molecule has 11 heavy (non-hydrogen) atoms. The number of nitrogens with zero attached hydrogens (tertiary/aromatic N) is 2. The van der Waals surface area contributed by atoms with Gasteiger partial charge in [0.1, 0.15) is 0 Å². The fourth-order valence-electron chi connectivity index (χ4n) is 0.511. The lowest BCUT2D eigenvalue weighted by atomic mass is 10.1. The Morgan fingerprint density at radius 1 is 1.73 bits per heavy atom. The SMILES string of the molecule is CC(C#N)CCC(=O)N=C=O. The normalized spacial score (nSPS) is 10.9. The lowest BCUT2D eigenvalue weighted by Gasteiger charge is -1.95. The van der Waals surface area contributed by atoms with Gasteiger partial charge in [0.15, 0.2) is 0 Å². The highest BCUT2D eigenvalue weighted by Gasteiger charge is 2.03. The molecule has 0 rings (SSSR count). The minimum atomic E-state index is -0.512. The quantitative estimate of drug-likeness (QED) is 0.443. The molecule has 0 fully saturated rings. The number of hydrogen-bond acceptors (Lipinski definition) is 3. The summed E-state index contributed by atoms with van der Waals surface area (Å²) in [7, 11) is 0. The molecule has 0 radical (unpaired) electrons. The van der Waals surface area contributed by atoms with Gasteiger partial charge in [-0.1, -0.05) is 0 Å². The van der Waals surface area contributed by atoms with Gasteiger partial charge in [-0.25, -0.2) is 4.79 Å². The molecule has 1 atom stereocenters. The molecular weight excluding hydrogens is 144 g/mol. The Labute approximate surface area is 64.5 Å². The van der Waals surface area contributed by atoms with E-state index >= 15 is 0 Å². The van der Waals surface area contributed by atoms with Crippen molar-refractivity contribution in [3.8, 4) is 6.07 Å². The Bertz CT molecular complexity index is 223. The van der Waals surface area contributed by atoms with Gasteiger partial charge in [-0.05, 0) is 13.3 Å². The summed E-state index contributed by atoms with van der Waals surface area (Å²) in [5.74, 6) is -0.678. The second kappa shape index (κ2) is 5.33. The molecule has 0 aliphatic heterocycles. The van der Waals surface area contributed by atoms with Crippen LogP contribution in [0.2, 0.25) is 0 Å². The highest BCUT2D eigenvalue weighted by molar-refractivity contribution is 5.81. The van der Waals surface area contributed by atoms with Crippen molar-refractivity contribution >= 4 is 12.0 Å². The van der Waals surface area contributed by atoms with Gasteiger partial charge in [0.25, 0.3) is 5.91 Å².